The van der Waals surface area contributed by atoms with Gasteiger partial charge in [0.2, 0.25) is 5.91 Å². The van der Waals surface area contributed by atoms with Crippen molar-refractivity contribution >= 4 is 17.5 Å². The fourth-order valence-corrected chi connectivity index (χ4v) is 4.15. The summed E-state index contributed by atoms with van der Waals surface area (Å²) < 4.78 is 5.21. The van der Waals surface area contributed by atoms with Crippen molar-refractivity contribution in [2.45, 2.75) is 26.3 Å². The molecular weight excluding hydrogens is 402 g/mol. The lowest BCUT2D eigenvalue weighted by molar-refractivity contribution is -0.133. The van der Waals surface area contributed by atoms with Crippen molar-refractivity contribution in [2.75, 3.05) is 31.1 Å². The lowest BCUT2D eigenvalue weighted by Crippen LogP contribution is -2.55. The highest BCUT2D eigenvalue weighted by atomic mass is 16.3. The first-order chi connectivity index (χ1) is 15.5. The number of amides is 2. The van der Waals surface area contributed by atoms with E-state index in [1.807, 2.05) is 35.2 Å². The van der Waals surface area contributed by atoms with E-state index in [0.717, 1.165) is 18.7 Å². The minimum absolute atomic E-state index is 0.0608. The van der Waals surface area contributed by atoms with Crippen LogP contribution in [0.3, 0.4) is 0 Å². The minimum Gasteiger partial charge on any atom is -0.459 e. The van der Waals surface area contributed by atoms with Gasteiger partial charge in [0.25, 0.3) is 5.91 Å². The van der Waals surface area contributed by atoms with Crippen LogP contribution < -0.4 is 10.2 Å². The topological polar surface area (TPSA) is 65.8 Å². The van der Waals surface area contributed by atoms with Gasteiger partial charge in [-0.15, -0.1) is 0 Å². The summed E-state index contributed by atoms with van der Waals surface area (Å²) in [5.74, 6) is -0.233. The molecule has 6 nitrogen and oxygen atoms in total. The Morgan fingerprint density at radius 2 is 1.69 bits per heavy atom. The van der Waals surface area contributed by atoms with Gasteiger partial charge >= 0.3 is 0 Å². The first-order valence-electron chi connectivity index (χ1n) is 11.0. The van der Waals surface area contributed by atoms with Gasteiger partial charge in [-0.1, -0.05) is 42.5 Å². The van der Waals surface area contributed by atoms with Crippen LogP contribution in [0.2, 0.25) is 0 Å². The molecule has 1 unspecified atom stereocenters. The Kier molecular flexibility index (Phi) is 6.59. The summed E-state index contributed by atoms with van der Waals surface area (Å²) in [6.07, 6.45) is 1.89. The number of benzene rings is 2. The third kappa shape index (κ3) is 4.85. The number of rotatable bonds is 6. The average molecular weight is 432 g/mol. The van der Waals surface area contributed by atoms with Crippen LogP contribution in [0, 0.1) is 13.8 Å². The average Bonchev–Trinajstić information content (AvgIpc) is 3.36. The number of furan rings is 1. The summed E-state index contributed by atoms with van der Waals surface area (Å²) in [5.41, 5.74) is 4.77. The molecule has 2 amide bonds. The van der Waals surface area contributed by atoms with Gasteiger partial charge in [0.1, 0.15) is 6.04 Å². The molecule has 0 spiro atoms. The highest BCUT2D eigenvalue weighted by Crippen LogP contribution is 2.24. The van der Waals surface area contributed by atoms with Gasteiger partial charge in [-0.2, -0.15) is 0 Å². The number of carbonyl (C=O) groups excluding carboxylic acids is 2. The molecule has 166 valence electrons. The van der Waals surface area contributed by atoms with E-state index in [0.29, 0.717) is 19.5 Å². The molecule has 2 heterocycles. The van der Waals surface area contributed by atoms with E-state index in [2.05, 4.69) is 42.3 Å². The standard InChI is InChI=1S/C26H29N3O3/c1-19-8-6-11-23(20(19)2)28-13-15-29(16-14-28)26(31)22(18-21-9-4-3-5-10-21)27-25(30)24-12-7-17-32-24/h3-12,17,22H,13-16,18H2,1-2H3,(H,27,30). The first kappa shape index (κ1) is 21.7. The molecule has 1 saturated heterocycles. The van der Waals surface area contributed by atoms with Gasteiger partial charge in [-0.05, 0) is 48.7 Å². The smallest absolute Gasteiger partial charge is 0.287 e. The Balaban J connectivity index is 1.46. The second-order valence-electron chi connectivity index (χ2n) is 8.22. The predicted molar refractivity (Wildman–Crippen MR) is 125 cm³/mol. The largest absolute Gasteiger partial charge is 0.459 e. The highest BCUT2D eigenvalue weighted by molar-refractivity contribution is 5.95. The predicted octanol–water partition coefficient (Wildman–Crippen LogP) is 3.59. The molecule has 1 aromatic heterocycles. The molecule has 32 heavy (non-hydrogen) atoms. The zero-order chi connectivity index (χ0) is 22.5. The second-order valence-corrected chi connectivity index (χ2v) is 8.22. The third-order valence-electron chi connectivity index (χ3n) is 6.14. The molecule has 0 radical (unpaired) electrons. The van der Waals surface area contributed by atoms with Crippen LogP contribution in [0.1, 0.15) is 27.2 Å². The van der Waals surface area contributed by atoms with E-state index in [4.69, 9.17) is 4.42 Å². The van der Waals surface area contributed by atoms with Crippen molar-refractivity contribution < 1.29 is 14.0 Å². The molecule has 1 aliphatic rings. The van der Waals surface area contributed by atoms with Gasteiger partial charge in [-0.25, -0.2) is 0 Å². The Hall–Kier alpha value is -3.54. The summed E-state index contributed by atoms with van der Waals surface area (Å²) >= 11 is 0. The molecule has 1 fully saturated rings. The number of hydrogen-bond donors (Lipinski definition) is 1. The van der Waals surface area contributed by atoms with Gasteiger partial charge in [-0.3, -0.25) is 9.59 Å². The maximum atomic E-state index is 13.4. The van der Waals surface area contributed by atoms with Gasteiger partial charge in [0.15, 0.2) is 5.76 Å². The fourth-order valence-electron chi connectivity index (χ4n) is 4.15. The van der Waals surface area contributed by atoms with Crippen LogP contribution in [0.5, 0.6) is 0 Å². The van der Waals surface area contributed by atoms with E-state index < -0.39 is 6.04 Å². The molecule has 1 atom stereocenters. The number of nitrogens with zero attached hydrogens (tertiary/aromatic N) is 2. The van der Waals surface area contributed by atoms with E-state index in [9.17, 15) is 9.59 Å². The van der Waals surface area contributed by atoms with Crippen molar-refractivity contribution in [3.05, 3.63) is 89.4 Å². The molecule has 4 rings (SSSR count). The molecule has 1 N–H and O–H groups in total. The fraction of sp³-hybridized carbons (Fsp3) is 0.308. The Bertz CT molecular complexity index is 1060. The molecular formula is C26H29N3O3. The number of piperazine rings is 1. The summed E-state index contributed by atoms with van der Waals surface area (Å²) in [5, 5.41) is 2.89. The van der Waals surface area contributed by atoms with E-state index >= 15 is 0 Å². The lowest BCUT2D eigenvalue weighted by atomic mass is 10.0. The zero-order valence-electron chi connectivity index (χ0n) is 18.6. The molecule has 1 aliphatic heterocycles. The number of nitrogens with one attached hydrogen (secondary N) is 1. The maximum Gasteiger partial charge on any atom is 0.287 e. The molecule has 0 saturated carbocycles. The van der Waals surface area contributed by atoms with Crippen LogP contribution in [-0.4, -0.2) is 48.9 Å². The molecule has 6 heteroatoms. The SMILES string of the molecule is Cc1cccc(N2CCN(C(=O)C(Cc3ccccc3)NC(=O)c3ccco3)CC2)c1C. The third-order valence-corrected chi connectivity index (χ3v) is 6.14. The second kappa shape index (κ2) is 9.73. The molecule has 2 aromatic carbocycles. The van der Waals surface area contributed by atoms with Crippen LogP contribution in [0.15, 0.2) is 71.3 Å². The van der Waals surface area contributed by atoms with Crippen molar-refractivity contribution in [1.82, 2.24) is 10.2 Å². The summed E-state index contributed by atoms with van der Waals surface area (Å²) in [4.78, 5) is 30.2. The van der Waals surface area contributed by atoms with Gasteiger partial charge in [0, 0.05) is 38.3 Å². The van der Waals surface area contributed by atoms with Crippen molar-refractivity contribution in [3.63, 3.8) is 0 Å². The van der Waals surface area contributed by atoms with E-state index in [-0.39, 0.29) is 17.6 Å². The number of anilines is 1. The van der Waals surface area contributed by atoms with Crippen LogP contribution >= 0.6 is 0 Å². The monoisotopic (exact) mass is 431 g/mol. The highest BCUT2D eigenvalue weighted by Gasteiger charge is 2.30. The van der Waals surface area contributed by atoms with Crippen molar-refractivity contribution in [3.8, 4) is 0 Å². The molecule has 0 aliphatic carbocycles. The van der Waals surface area contributed by atoms with E-state index in [1.165, 1.54) is 23.1 Å². The Morgan fingerprint density at radius 3 is 2.38 bits per heavy atom. The zero-order valence-corrected chi connectivity index (χ0v) is 18.6. The lowest BCUT2D eigenvalue weighted by Gasteiger charge is -2.38. The maximum absolute atomic E-state index is 13.4. The minimum atomic E-state index is -0.651. The Morgan fingerprint density at radius 1 is 0.938 bits per heavy atom. The van der Waals surface area contributed by atoms with Crippen molar-refractivity contribution in [1.29, 1.82) is 0 Å². The number of aryl methyl sites for hydroxylation is 1. The summed E-state index contributed by atoms with van der Waals surface area (Å²) in [7, 11) is 0. The number of carbonyl (C=O) groups is 2. The van der Waals surface area contributed by atoms with Crippen LogP contribution in [0.4, 0.5) is 5.69 Å². The van der Waals surface area contributed by atoms with Crippen LogP contribution in [0.25, 0.3) is 0 Å². The van der Waals surface area contributed by atoms with E-state index in [1.54, 1.807) is 12.1 Å². The summed E-state index contributed by atoms with van der Waals surface area (Å²) in [6, 6.07) is 18.7. The van der Waals surface area contributed by atoms with Crippen LogP contribution in [-0.2, 0) is 11.2 Å². The molecule has 3 aromatic rings. The number of hydrogen-bond acceptors (Lipinski definition) is 4. The van der Waals surface area contributed by atoms with Gasteiger partial charge < -0.3 is 19.5 Å². The first-order valence-corrected chi connectivity index (χ1v) is 11.0. The quantitative estimate of drug-likeness (QED) is 0.648. The summed E-state index contributed by atoms with van der Waals surface area (Å²) in [6.45, 7) is 7.03. The molecule has 0 bridgehead atoms. The van der Waals surface area contributed by atoms with Gasteiger partial charge in [0.05, 0.1) is 6.26 Å². The normalized spacial score (nSPS) is 14.8. The van der Waals surface area contributed by atoms with Crippen molar-refractivity contribution in [2.24, 2.45) is 0 Å². The Labute approximate surface area is 188 Å².